The second-order valence-electron chi connectivity index (χ2n) is 7.02. The molecule has 0 atom stereocenters. The summed E-state index contributed by atoms with van der Waals surface area (Å²) < 4.78 is 56.9. The van der Waals surface area contributed by atoms with Crippen molar-refractivity contribution in [2.75, 3.05) is 4.72 Å². The summed E-state index contributed by atoms with van der Waals surface area (Å²) in [7, 11) is -4.32. The molecule has 154 valence electrons. The Morgan fingerprint density at radius 3 is 2.53 bits per heavy atom. The van der Waals surface area contributed by atoms with Crippen LogP contribution in [-0.2, 0) is 16.6 Å². The summed E-state index contributed by atoms with van der Waals surface area (Å²) >= 11 is 0. The zero-order valence-corrected chi connectivity index (χ0v) is 17.2. The van der Waals surface area contributed by atoms with Crippen LogP contribution in [0.4, 0.5) is 14.5 Å². The van der Waals surface area contributed by atoms with E-state index in [1.807, 2.05) is 42.5 Å². The van der Waals surface area contributed by atoms with Gasteiger partial charge >= 0.3 is 0 Å². The zero-order chi connectivity index (χ0) is 21.5. The van der Waals surface area contributed by atoms with E-state index >= 15 is 0 Å². The van der Waals surface area contributed by atoms with Crippen molar-refractivity contribution in [3.8, 4) is 0 Å². The molecule has 0 saturated carbocycles. The number of aromatic nitrogens is 2. The number of aryl methyl sites for hydroxylation is 1. The number of anilines is 1. The number of nitrogens with one attached hydrogen (secondary N) is 1. The highest BCUT2D eigenvalue weighted by molar-refractivity contribution is 7.92. The van der Waals surface area contributed by atoms with Crippen molar-refractivity contribution in [3.05, 3.63) is 89.2 Å². The van der Waals surface area contributed by atoms with Crippen LogP contribution in [0, 0.1) is 25.5 Å². The van der Waals surface area contributed by atoms with Gasteiger partial charge < -0.3 is 0 Å². The van der Waals surface area contributed by atoms with E-state index in [2.05, 4.69) is 9.82 Å². The van der Waals surface area contributed by atoms with Crippen LogP contribution >= 0.6 is 0 Å². The van der Waals surface area contributed by atoms with E-state index < -0.39 is 26.6 Å². The summed E-state index contributed by atoms with van der Waals surface area (Å²) in [6.07, 6.45) is 0. The Balaban J connectivity index is 1.70. The van der Waals surface area contributed by atoms with Crippen molar-refractivity contribution in [2.45, 2.75) is 25.3 Å². The van der Waals surface area contributed by atoms with E-state index in [4.69, 9.17) is 0 Å². The molecule has 1 aromatic heterocycles. The molecule has 0 saturated heterocycles. The Kier molecular flexibility index (Phi) is 5.03. The number of benzene rings is 3. The highest BCUT2D eigenvalue weighted by atomic mass is 32.2. The number of nitrogens with zero attached hydrogens (tertiary/aromatic N) is 2. The summed E-state index contributed by atoms with van der Waals surface area (Å²) in [4.78, 5) is -0.747. The van der Waals surface area contributed by atoms with E-state index in [9.17, 15) is 17.2 Å². The van der Waals surface area contributed by atoms with Gasteiger partial charge in [0.15, 0.2) is 0 Å². The second-order valence-corrected chi connectivity index (χ2v) is 8.67. The number of hydrogen-bond donors (Lipinski definition) is 1. The number of fused-ring (bicyclic) bond motifs is 1. The molecule has 0 unspecified atom stereocenters. The molecule has 0 aliphatic heterocycles. The quantitative estimate of drug-likeness (QED) is 0.499. The van der Waals surface area contributed by atoms with E-state index in [0.717, 1.165) is 28.5 Å². The monoisotopic (exact) mass is 427 g/mol. The normalized spacial score (nSPS) is 11.7. The predicted octanol–water partition coefficient (Wildman–Crippen LogP) is 4.78. The van der Waals surface area contributed by atoms with Gasteiger partial charge in [0.2, 0.25) is 0 Å². The molecule has 4 rings (SSSR count). The summed E-state index contributed by atoms with van der Waals surface area (Å²) in [6, 6.07) is 16.2. The van der Waals surface area contributed by atoms with E-state index in [1.165, 1.54) is 0 Å². The fraction of sp³-hybridized carbons (Fsp3) is 0.136. The Hall–Kier alpha value is -3.26. The maximum absolute atomic E-state index is 14.0. The third-order valence-corrected chi connectivity index (χ3v) is 6.37. The van der Waals surface area contributed by atoms with Crippen molar-refractivity contribution in [2.24, 2.45) is 0 Å². The van der Waals surface area contributed by atoms with Crippen molar-refractivity contribution in [1.82, 2.24) is 9.78 Å². The third kappa shape index (κ3) is 3.66. The van der Waals surface area contributed by atoms with Gasteiger partial charge in [0, 0.05) is 0 Å². The Morgan fingerprint density at radius 2 is 1.73 bits per heavy atom. The second kappa shape index (κ2) is 7.53. The fourth-order valence-electron chi connectivity index (χ4n) is 3.46. The third-order valence-electron chi connectivity index (χ3n) is 5.00. The minimum absolute atomic E-state index is 0.249. The zero-order valence-electron chi connectivity index (χ0n) is 16.4. The highest BCUT2D eigenvalue weighted by Gasteiger charge is 2.24. The molecule has 0 amide bonds. The number of hydrogen-bond acceptors (Lipinski definition) is 3. The van der Waals surface area contributed by atoms with Crippen molar-refractivity contribution < 1.29 is 17.2 Å². The standard InChI is InChI=1S/C22H19F2N3O2S/c1-14-22(26-30(28,29)21-12-18(23)10-11-20(21)24)15(2)27(25-14)13-17-8-5-7-16-6-3-4-9-19(16)17/h3-12,26H,13H2,1-2H3. The largest absolute Gasteiger partial charge is 0.276 e. The average Bonchev–Trinajstić information content (AvgIpc) is 2.97. The van der Waals surface area contributed by atoms with Gasteiger partial charge in [-0.15, -0.1) is 0 Å². The van der Waals surface area contributed by atoms with Crippen molar-refractivity contribution in [1.29, 1.82) is 0 Å². The van der Waals surface area contributed by atoms with Crippen LogP contribution in [0.25, 0.3) is 10.8 Å². The lowest BCUT2D eigenvalue weighted by Gasteiger charge is -2.11. The van der Waals surface area contributed by atoms with Gasteiger partial charge in [0.05, 0.1) is 23.6 Å². The first kappa shape index (κ1) is 20.0. The maximum atomic E-state index is 14.0. The van der Waals surface area contributed by atoms with Gasteiger partial charge in [-0.3, -0.25) is 9.40 Å². The summed E-state index contributed by atoms with van der Waals surface area (Å²) in [5.74, 6) is -1.86. The topological polar surface area (TPSA) is 64.0 Å². The maximum Gasteiger partial charge on any atom is 0.265 e. The molecule has 0 spiro atoms. The van der Waals surface area contributed by atoms with Gasteiger partial charge in [-0.2, -0.15) is 5.10 Å². The SMILES string of the molecule is Cc1nn(Cc2cccc3ccccc23)c(C)c1NS(=O)(=O)c1cc(F)ccc1F. The van der Waals surface area contributed by atoms with Crippen LogP contribution in [0.15, 0.2) is 65.6 Å². The smallest absolute Gasteiger partial charge is 0.265 e. The molecule has 0 fully saturated rings. The first-order valence-corrected chi connectivity index (χ1v) is 10.7. The van der Waals surface area contributed by atoms with Crippen LogP contribution in [0.5, 0.6) is 0 Å². The Bertz CT molecular complexity index is 1360. The molecule has 30 heavy (non-hydrogen) atoms. The van der Waals surface area contributed by atoms with Gasteiger partial charge in [-0.1, -0.05) is 42.5 Å². The lowest BCUT2D eigenvalue weighted by atomic mass is 10.0. The van der Waals surface area contributed by atoms with Gasteiger partial charge in [-0.25, -0.2) is 17.2 Å². The molecule has 1 heterocycles. The Morgan fingerprint density at radius 1 is 1.00 bits per heavy atom. The number of halogens is 2. The minimum atomic E-state index is -4.32. The minimum Gasteiger partial charge on any atom is -0.276 e. The molecule has 0 aliphatic carbocycles. The molecular weight excluding hydrogens is 408 g/mol. The van der Waals surface area contributed by atoms with Gasteiger partial charge in [0.1, 0.15) is 16.5 Å². The van der Waals surface area contributed by atoms with E-state index in [-0.39, 0.29) is 5.69 Å². The van der Waals surface area contributed by atoms with Crippen molar-refractivity contribution in [3.63, 3.8) is 0 Å². The first-order chi connectivity index (χ1) is 14.3. The molecule has 8 heteroatoms. The number of rotatable bonds is 5. The predicted molar refractivity (Wildman–Crippen MR) is 112 cm³/mol. The molecule has 0 bridgehead atoms. The van der Waals surface area contributed by atoms with Crippen LogP contribution in [0.2, 0.25) is 0 Å². The van der Waals surface area contributed by atoms with Crippen LogP contribution in [0.3, 0.4) is 0 Å². The molecular formula is C22H19F2N3O2S. The molecule has 5 nitrogen and oxygen atoms in total. The van der Waals surface area contributed by atoms with Crippen LogP contribution in [-0.4, -0.2) is 18.2 Å². The molecule has 4 aromatic rings. The average molecular weight is 427 g/mol. The molecule has 0 aliphatic rings. The van der Waals surface area contributed by atoms with E-state index in [1.54, 1.807) is 18.5 Å². The fourth-order valence-corrected chi connectivity index (χ4v) is 4.73. The lowest BCUT2D eigenvalue weighted by molar-refractivity contribution is 0.555. The summed E-state index contributed by atoms with van der Waals surface area (Å²) in [5.41, 5.74) is 2.29. The Labute approximate surface area is 173 Å². The number of sulfonamides is 1. The molecule has 3 aromatic carbocycles. The van der Waals surface area contributed by atoms with Gasteiger partial charge in [-0.05, 0) is 48.4 Å². The molecule has 0 radical (unpaired) electrons. The highest BCUT2D eigenvalue weighted by Crippen LogP contribution is 2.27. The molecule has 1 N–H and O–H groups in total. The van der Waals surface area contributed by atoms with Crippen LogP contribution in [0.1, 0.15) is 17.0 Å². The lowest BCUT2D eigenvalue weighted by Crippen LogP contribution is -2.16. The van der Waals surface area contributed by atoms with Crippen molar-refractivity contribution >= 4 is 26.5 Å². The van der Waals surface area contributed by atoms with E-state index in [0.29, 0.717) is 24.0 Å². The van der Waals surface area contributed by atoms with Crippen LogP contribution < -0.4 is 4.72 Å². The van der Waals surface area contributed by atoms with Gasteiger partial charge in [0.25, 0.3) is 10.0 Å². The first-order valence-electron chi connectivity index (χ1n) is 9.25. The summed E-state index contributed by atoms with van der Waals surface area (Å²) in [5, 5.41) is 6.63. The summed E-state index contributed by atoms with van der Waals surface area (Å²) in [6.45, 7) is 3.82.